The lowest BCUT2D eigenvalue weighted by Crippen LogP contribution is -2.39. The number of hydrogen-bond donors (Lipinski definition) is 1. The van der Waals surface area contributed by atoms with Gasteiger partial charge in [0.1, 0.15) is 17.0 Å². The number of nitrogens with zero attached hydrogens (tertiary/aromatic N) is 3. The quantitative estimate of drug-likeness (QED) is 0.935. The van der Waals surface area contributed by atoms with E-state index in [9.17, 15) is 0 Å². The molecule has 5 nitrogen and oxygen atoms in total. The summed E-state index contributed by atoms with van der Waals surface area (Å²) in [5.41, 5.74) is 1.49. The summed E-state index contributed by atoms with van der Waals surface area (Å²) in [5, 5.41) is 4.80. The van der Waals surface area contributed by atoms with Crippen molar-refractivity contribution in [1.82, 2.24) is 14.9 Å². The van der Waals surface area contributed by atoms with Crippen LogP contribution in [0.4, 0.5) is 5.82 Å². The number of rotatable bonds is 4. The van der Waals surface area contributed by atoms with Gasteiger partial charge in [0.25, 0.3) is 0 Å². The standard InChI is InChI=1S/C15H20N4OS/c1-2-11-12(3-1)21-15-13(11)14(17-10-18-15)16-4-5-19-6-8-20-9-7-19/h10H,1-9H2,(H,16,17,18). The van der Waals surface area contributed by atoms with E-state index < -0.39 is 0 Å². The van der Waals surface area contributed by atoms with Crippen molar-refractivity contribution < 1.29 is 4.74 Å². The van der Waals surface area contributed by atoms with Crippen molar-refractivity contribution >= 4 is 27.4 Å². The summed E-state index contributed by atoms with van der Waals surface area (Å²) in [4.78, 5) is 14.0. The summed E-state index contributed by atoms with van der Waals surface area (Å²) in [7, 11) is 0. The Kier molecular flexibility index (Phi) is 3.75. The molecular formula is C15H20N4OS. The summed E-state index contributed by atoms with van der Waals surface area (Å²) >= 11 is 1.84. The van der Waals surface area contributed by atoms with Crippen LogP contribution in [0.2, 0.25) is 0 Å². The Morgan fingerprint density at radius 2 is 2.14 bits per heavy atom. The van der Waals surface area contributed by atoms with Gasteiger partial charge in [-0.25, -0.2) is 9.97 Å². The Labute approximate surface area is 128 Å². The average Bonchev–Trinajstić information content (AvgIpc) is 3.09. The monoisotopic (exact) mass is 304 g/mol. The first-order valence-electron chi connectivity index (χ1n) is 7.71. The smallest absolute Gasteiger partial charge is 0.138 e. The fraction of sp³-hybridized carbons (Fsp3) is 0.600. The Balaban J connectivity index is 1.48. The molecule has 0 radical (unpaired) electrons. The molecule has 0 spiro atoms. The number of morpholine rings is 1. The third-order valence-corrected chi connectivity index (χ3v) is 5.53. The molecule has 0 aromatic carbocycles. The van der Waals surface area contributed by atoms with E-state index in [1.165, 1.54) is 35.1 Å². The fourth-order valence-electron chi connectivity index (χ4n) is 3.22. The molecule has 4 rings (SSSR count). The van der Waals surface area contributed by atoms with Gasteiger partial charge >= 0.3 is 0 Å². The van der Waals surface area contributed by atoms with E-state index >= 15 is 0 Å². The number of thiophene rings is 1. The van der Waals surface area contributed by atoms with Crippen molar-refractivity contribution in [3.8, 4) is 0 Å². The van der Waals surface area contributed by atoms with Crippen molar-refractivity contribution in [1.29, 1.82) is 0 Å². The van der Waals surface area contributed by atoms with Gasteiger partial charge in [-0.15, -0.1) is 11.3 Å². The number of fused-ring (bicyclic) bond motifs is 3. The number of nitrogens with one attached hydrogen (secondary N) is 1. The number of aryl methyl sites for hydroxylation is 2. The van der Waals surface area contributed by atoms with E-state index in [4.69, 9.17) is 4.74 Å². The Bertz CT molecular complexity index is 636. The minimum atomic E-state index is 0.857. The molecule has 21 heavy (non-hydrogen) atoms. The number of anilines is 1. The van der Waals surface area contributed by atoms with Crippen molar-refractivity contribution in [2.45, 2.75) is 19.3 Å². The Hall–Kier alpha value is -1.24. The molecule has 3 heterocycles. The van der Waals surface area contributed by atoms with Crippen LogP contribution in [0.5, 0.6) is 0 Å². The van der Waals surface area contributed by atoms with E-state index in [0.717, 1.165) is 50.0 Å². The van der Waals surface area contributed by atoms with Crippen LogP contribution in [0.3, 0.4) is 0 Å². The highest BCUT2D eigenvalue weighted by Gasteiger charge is 2.21. The van der Waals surface area contributed by atoms with Crippen molar-refractivity contribution in [3.05, 3.63) is 16.8 Å². The van der Waals surface area contributed by atoms with Crippen LogP contribution in [0.1, 0.15) is 16.9 Å². The fourth-order valence-corrected chi connectivity index (χ4v) is 4.45. The molecule has 0 saturated carbocycles. The lowest BCUT2D eigenvalue weighted by Gasteiger charge is -2.26. The topological polar surface area (TPSA) is 50.3 Å². The molecular weight excluding hydrogens is 284 g/mol. The van der Waals surface area contributed by atoms with Gasteiger partial charge in [0.05, 0.1) is 18.6 Å². The zero-order valence-corrected chi connectivity index (χ0v) is 12.9. The minimum absolute atomic E-state index is 0.857. The van der Waals surface area contributed by atoms with Gasteiger partial charge in [0, 0.05) is 31.1 Å². The van der Waals surface area contributed by atoms with Gasteiger partial charge in [-0.2, -0.15) is 0 Å². The van der Waals surface area contributed by atoms with Crippen LogP contribution >= 0.6 is 11.3 Å². The molecule has 0 unspecified atom stereocenters. The van der Waals surface area contributed by atoms with Gasteiger partial charge in [0.15, 0.2) is 0 Å². The van der Waals surface area contributed by atoms with Gasteiger partial charge in [-0.05, 0) is 24.8 Å². The average molecular weight is 304 g/mol. The molecule has 0 amide bonds. The van der Waals surface area contributed by atoms with E-state index in [1.54, 1.807) is 6.33 Å². The van der Waals surface area contributed by atoms with Crippen LogP contribution in [-0.4, -0.2) is 54.3 Å². The minimum Gasteiger partial charge on any atom is -0.379 e. The van der Waals surface area contributed by atoms with E-state index in [2.05, 4.69) is 20.2 Å². The maximum Gasteiger partial charge on any atom is 0.138 e. The summed E-state index contributed by atoms with van der Waals surface area (Å²) in [5.74, 6) is 1.02. The van der Waals surface area contributed by atoms with Crippen LogP contribution in [0, 0.1) is 0 Å². The molecule has 1 N–H and O–H groups in total. The molecule has 2 aromatic heterocycles. The first-order valence-corrected chi connectivity index (χ1v) is 8.53. The summed E-state index contributed by atoms with van der Waals surface area (Å²) in [6, 6.07) is 0. The second-order valence-corrected chi connectivity index (χ2v) is 6.72. The molecule has 112 valence electrons. The molecule has 1 aliphatic heterocycles. The van der Waals surface area contributed by atoms with Crippen molar-refractivity contribution in [2.24, 2.45) is 0 Å². The van der Waals surface area contributed by atoms with Crippen LogP contribution in [-0.2, 0) is 17.6 Å². The van der Waals surface area contributed by atoms with Gasteiger partial charge < -0.3 is 10.1 Å². The zero-order valence-electron chi connectivity index (χ0n) is 12.1. The number of hydrogen-bond acceptors (Lipinski definition) is 6. The molecule has 1 saturated heterocycles. The highest BCUT2D eigenvalue weighted by Crippen LogP contribution is 2.38. The molecule has 6 heteroatoms. The maximum atomic E-state index is 5.38. The maximum absolute atomic E-state index is 5.38. The number of ether oxygens (including phenoxy) is 1. The normalized spacial score (nSPS) is 19.0. The highest BCUT2D eigenvalue weighted by molar-refractivity contribution is 7.19. The summed E-state index contributed by atoms with van der Waals surface area (Å²) < 4.78 is 5.38. The largest absolute Gasteiger partial charge is 0.379 e. The molecule has 1 aliphatic carbocycles. The molecule has 1 fully saturated rings. The second-order valence-electron chi connectivity index (χ2n) is 5.64. The first-order chi connectivity index (χ1) is 10.4. The molecule has 0 bridgehead atoms. The summed E-state index contributed by atoms with van der Waals surface area (Å²) in [6.45, 7) is 5.76. The first kappa shape index (κ1) is 13.4. The van der Waals surface area contributed by atoms with Crippen LogP contribution in [0.25, 0.3) is 10.2 Å². The highest BCUT2D eigenvalue weighted by atomic mass is 32.1. The van der Waals surface area contributed by atoms with Crippen molar-refractivity contribution in [3.63, 3.8) is 0 Å². The third-order valence-electron chi connectivity index (χ3n) is 4.33. The van der Waals surface area contributed by atoms with Gasteiger partial charge in [-0.3, -0.25) is 4.90 Å². The zero-order chi connectivity index (χ0) is 14.1. The van der Waals surface area contributed by atoms with E-state index in [1.807, 2.05) is 11.3 Å². The van der Waals surface area contributed by atoms with E-state index in [-0.39, 0.29) is 0 Å². The Morgan fingerprint density at radius 3 is 3.05 bits per heavy atom. The predicted octanol–water partition coefficient (Wildman–Crippen LogP) is 1.92. The molecule has 2 aliphatic rings. The van der Waals surface area contributed by atoms with Crippen LogP contribution < -0.4 is 5.32 Å². The lowest BCUT2D eigenvalue weighted by molar-refractivity contribution is 0.0398. The SMILES string of the molecule is c1nc(NCCN2CCOCC2)c2c3c(sc2n1)CCC3. The lowest BCUT2D eigenvalue weighted by atomic mass is 10.2. The Morgan fingerprint density at radius 1 is 1.24 bits per heavy atom. The van der Waals surface area contributed by atoms with Crippen LogP contribution in [0.15, 0.2) is 6.33 Å². The second kappa shape index (κ2) is 5.87. The van der Waals surface area contributed by atoms with Gasteiger partial charge in [-0.1, -0.05) is 0 Å². The molecule has 2 aromatic rings. The molecule has 0 atom stereocenters. The summed E-state index contributed by atoms with van der Waals surface area (Å²) in [6.07, 6.45) is 5.36. The number of aromatic nitrogens is 2. The third kappa shape index (κ3) is 2.63. The van der Waals surface area contributed by atoms with E-state index in [0.29, 0.717) is 0 Å². The predicted molar refractivity (Wildman–Crippen MR) is 85.2 cm³/mol. The van der Waals surface area contributed by atoms with Gasteiger partial charge in [0.2, 0.25) is 0 Å². The van der Waals surface area contributed by atoms with Crippen molar-refractivity contribution in [2.75, 3.05) is 44.7 Å².